The molecule has 0 saturated heterocycles. The number of carbonyl (C=O) groups is 2. The van der Waals surface area contributed by atoms with Crippen LogP contribution in [0.15, 0.2) is 42.5 Å². The summed E-state index contributed by atoms with van der Waals surface area (Å²) in [6, 6.07) is 12.8. The Morgan fingerprint density at radius 3 is 2.46 bits per heavy atom. The zero-order chi connectivity index (χ0) is 18.5. The van der Waals surface area contributed by atoms with Gasteiger partial charge in [0.2, 0.25) is 11.8 Å². The Morgan fingerprint density at radius 2 is 1.77 bits per heavy atom. The van der Waals surface area contributed by atoms with Crippen LogP contribution in [0.5, 0.6) is 0 Å². The van der Waals surface area contributed by atoms with Crippen LogP contribution in [0.1, 0.15) is 5.56 Å². The number of nitrogens with zero attached hydrogens (tertiary/aromatic N) is 1. The summed E-state index contributed by atoms with van der Waals surface area (Å²) in [5.74, 6) is 0.0320. The quantitative estimate of drug-likeness (QED) is 0.630. The number of benzene rings is 2. The van der Waals surface area contributed by atoms with Crippen molar-refractivity contribution >= 4 is 67.5 Å². The van der Waals surface area contributed by atoms with Gasteiger partial charge >= 0.3 is 0 Å². The molecule has 0 aliphatic heterocycles. The van der Waals surface area contributed by atoms with Crippen LogP contribution in [0.2, 0.25) is 5.02 Å². The molecule has 1 aromatic heterocycles. The molecule has 0 aliphatic rings. The van der Waals surface area contributed by atoms with Crippen molar-refractivity contribution < 1.29 is 9.59 Å². The van der Waals surface area contributed by atoms with E-state index >= 15 is 0 Å². The van der Waals surface area contributed by atoms with Gasteiger partial charge in [-0.1, -0.05) is 35.1 Å². The predicted molar refractivity (Wildman–Crippen MR) is 110 cm³/mol. The number of halogens is 1. The number of para-hydroxylation sites is 1. The molecule has 0 unspecified atom stereocenters. The standard InChI is InChI=1S/C18H16ClN3O2S2/c1-11-3-2-4-14-17(11)22-18(26-14)21-16(24)10-25-9-15(23)20-13-7-5-12(19)6-8-13/h2-8H,9-10H2,1H3,(H,20,23)(H,21,22,24). The minimum absolute atomic E-state index is 0.166. The van der Waals surface area contributed by atoms with Crippen LogP contribution in [-0.2, 0) is 9.59 Å². The highest BCUT2D eigenvalue weighted by molar-refractivity contribution is 8.00. The summed E-state index contributed by atoms with van der Waals surface area (Å²) >= 11 is 8.49. The van der Waals surface area contributed by atoms with E-state index in [0.717, 1.165) is 15.8 Å². The lowest BCUT2D eigenvalue weighted by Crippen LogP contribution is -2.18. The van der Waals surface area contributed by atoms with Crippen molar-refractivity contribution in [2.75, 3.05) is 22.1 Å². The van der Waals surface area contributed by atoms with Crippen molar-refractivity contribution in [1.82, 2.24) is 4.98 Å². The molecule has 0 fully saturated rings. The number of thioether (sulfide) groups is 1. The van der Waals surface area contributed by atoms with Gasteiger partial charge in [0.25, 0.3) is 0 Å². The highest BCUT2D eigenvalue weighted by Gasteiger charge is 2.10. The van der Waals surface area contributed by atoms with Crippen LogP contribution in [-0.4, -0.2) is 28.3 Å². The van der Waals surface area contributed by atoms with Crippen LogP contribution in [0.25, 0.3) is 10.2 Å². The number of hydrogen-bond donors (Lipinski definition) is 2. The fourth-order valence-corrected chi connectivity index (χ4v) is 3.96. The van der Waals surface area contributed by atoms with Crippen LogP contribution in [0.3, 0.4) is 0 Å². The molecule has 3 rings (SSSR count). The molecule has 3 aromatic rings. The molecule has 0 aliphatic carbocycles. The third-order valence-electron chi connectivity index (χ3n) is 3.46. The van der Waals surface area contributed by atoms with E-state index in [1.54, 1.807) is 24.3 Å². The lowest BCUT2D eigenvalue weighted by Gasteiger charge is -2.05. The molecule has 2 aromatic carbocycles. The number of rotatable bonds is 6. The molecule has 0 saturated carbocycles. The summed E-state index contributed by atoms with van der Waals surface area (Å²) < 4.78 is 1.04. The van der Waals surface area contributed by atoms with E-state index in [1.807, 2.05) is 25.1 Å². The molecular weight excluding hydrogens is 390 g/mol. The number of aromatic nitrogens is 1. The molecule has 0 atom stereocenters. The topological polar surface area (TPSA) is 71.1 Å². The van der Waals surface area contributed by atoms with Crippen molar-refractivity contribution in [1.29, 1.82) is 0 Å². The lowest BCUT2D eigenvalue weighted by atomic mass is 10.2. The van der Waals surface area contributed by atoms with Crippen LogP contribution >= 0.6 is 34.7 Å². The van der Waals surface area contributed by atoms with Gasteiger partial charge in [0.15, 0.2) is 5.13 Å². The summed E-state index contributed by atoms with van der Waals surface area (Å²) in [6.45, 7) is 1.99. The fourth-order valence-electron chi connectivity index (χ4n) is 2.26. The van der Waals surface area contributed by atoms with Gasteiger partial charge in [-0.25, -0.2) is 4.98 Å². The summed E-state index contributed by atoms with van der Waals surface area (Å²) in [5.41, 5.74) is 2.66. The van der Waals surface area contributed by atoms with Gasteiger partial charge < -0.3 is 10.6 Å². The first-order valence-electron chi connectivity index (χ1n) is 7.80. The van der Waals surface area contributed by atoms with E-state index in [0.29, 0.717) is 15.8 Å². The lowest BCUT2D eigenvalue weighted by molar-refractivity contribution is -0.114. The van der Waals surface area contributed by atoms with Gasteiger partial charge in [-0.2, -0.15) is 0 Å². The van der Waals surface area contributed by atoms with Crippen molar-refractivity contribution in [3.05, 3.63) is 53.1 Å². The van der Waals surface area contributed by atoms with E-state index in [2.05, 4.69) is 15.6 Å². The number of thiazole rings is 1. The first kappa shape index (κ1) is 18.7. The summed E-state index contributed by atoms with van der Waals surface area (Å²) in [7, 11) is 0. The molecule has 0 spiro atoms. The third-order valence-corrected chi connectivity index (χ3v) is 5.58. The maximum absolute atomic E-state index is 12.0. The average Bonchev–Trinajstić information content (AvgIpc) is 3.01. The van der Waals surface area contributed by atoms with Gasteiger partial charge in [0.1, 0.15) is 0 Å². The number of carbonyl (C=O) groups excluding carboxylic acids is 2. The Labute approximate surface area is 164 Å². The smallest absolute Gasteiger partial charge is 0.236 e. The molecular formula is C18H16ClN3O2S2. The number of aryl methyl sites for hydroxylation is 1. The summed E-state index contributed by atoms with van der Waals surface area (Å²) in [5, 5.41) is 6.73. The number of hydrogen-bond acceptors (Lipinski definition) is 5. The van der Waals surface area contributed by atoms with E-state index < -0.39 is 0 Å². The normalized spacial score (nSPS) is 10.7. The summed E-state index contributed by atoms with van der Waals surface area (Å²) in [6.07, 6.45) is 0. The zero-order valence-electron chi connectivity index (χ0n) is 13.9. The average molecular weight is 406 g/mol. The molecule has 0 radical (unpaired) electrons. The molecule has 2 N–H and O–H groups in total. The highest BCUT2D eigenvalue weighted by atomic mass is 35.5. The van der Waals surface area contributed by atoms with E-state index in [4.69, 9.17) is 11.6 Å². The van der Waals surface area contributed by atoms with Crippen molar-refractivity contribution in [2.24, 2.45) is 0 Å². The number of fused-ring (bicyclic) bond motifs is 1. The SMILES string of the molecule is Cc1cccc2sc(NC(=O)CSCC(=O)Nc3ccc(Cl)cc3)nc12. The number of anilines is 2. The number of amides is 2. The molecule has 134 valence electrons. The Bertz CT molecular complexity index is 941. The van der Waals surface area contributed by atoms with E-state index in [9.17, 15) is 9.59 Å². The van der Waals surface area contributed by atoms with Crippen molar-refractivity contribution in [3.63, 3.8) is 0 Å². The third kappa shape index (κ3) is 4.97. The van der Waals surface area contributed by atoms with Gasteiger partial charge in [0.05, 0.1) is 21.7 Å². The maximum Gasteiger partial charge on any atom is 0.236 e. The van der Waals surface area contributed by atoms with Crippen molar-refractivity contribution in [2.45, 2.75) is 6.92 Å². The Morgan fingerprint density at radius 1 is 1.08 bits per heavy atom. The van der Waals surface area contributed by atoms with Gasteiger partial charge in [-0.15, -0.1) is 11.8 Å². The molecule has 8 heteroatoms. The minimum Gasteiger partial charge on any atom is -0.325 e. The van der Waals surface area contributed by atoms with Crippen molar-refractivity contribution in [3.8, 4) is 0 Å². The number of nitrogens with one attached hydrogen (secondary N) is 2. The van der Waals surface area contributed by atoms with Crippen LogP contribution in [0.4, 0.5) is 10.8 Å². The van der Waals surface area contributed by atoms with Gasteiger partial charge in [0, 0.05) is 10.7 Å². The maximum atomic E-state index is 12.0. The van der Waals surface area contributed by atoms with E-state index in [-0.39, 0.29) is 23.3 Å². The van der Waals surface area contributed by atoms with Gasteiger partial charge in [-0.3, -0.25) is 9.59 Å². The van der Waals surface area contributed by atoms with Crippen LogP contribution in [0, 0.1) is 6.92 Å². The minimum atomic E-state index is -0.175. The second kappa shape index (κ2) is 8.53. The van der Waals surface area contributed by atoms with Crippen LogP contribution < -0.4 is 10.6 Å². The second-order valence-electron chi connectivity index (χ2n) is 5.54. The fraction of sp³-hybridized carbons (Fsp3) is 0.167. The largest absolute Gasteiger partial charge is 0.325 e. The first-order chi connectivity index (χ1) is 12.5. The molecule has 2 amide bonds. The Balaban J connectivity index is 1.45. The molecule has 5 nitrogen and oxygen atoms in total. The highest BCUT2D eigenvalue weighted by Crippen LogP contribution is 2.27. The second-order valence-corrected chi connectivity index (χ2v) is 7.99. The molecule has 1 heterocycles. The molecule has 0 bridgehead atoms. The first-order valence-corrected chi connectivity index (χ1v) is 10.2. The Kier molecular flexibility index (Phi) is 6.13. The van der Waals surface area contributed by atoms with Gasteiger partial charge in [-0.05, 0) is 42.8 Å². The monoisotopic (exact) mass is 405 g/mol. The molecule has 26 heavy (non-hydrogen) atoms. The van der Waals surface area contributed by atoms with E-state index in [1.165, 1.54) is 23.1 Å². The zero-order valence-corrected chi connectivity index (χ0v) is 16.3. The predicted octanol–water partition coefficient (Wildman–Crippen LogP) is 4.57. The Hall–Kier alpha value is -2.09. The summed E-state index contributed by atoms with van der Waals surface area (Å²) in [4.78, 5) is 28.4.